The van der Waals surface area contributed by atoms with Crippen molar-refractivity contribution in [3.8, 4) is 0 Å². The summed E-state index contributed by atoms with van der Waals surface area (Å²) in [5.41, 5.74) is 0. The van der Waals surface area contributed by atoms with Gasteiger partial charge in [-0.15, -0.1) is 0 Å². The van der Waals surface area contributed by atoms with Crippen LogP contribution >= 0.6 is 0 Å². The van der Waals surface area contributed by atoms with E-state index < -0.39 is 12.1 Å². The number of rotatable bonds is 24. The summed E-state index contributed by atoms with van der Waals surface area (Å²) in [4.78, 5) is 23.1. The molecule has 5 nitrogen and oxygen atoms in total. The van der Waals surface area contributed by atoms with E-state index in [0.717, 1.165) is 44.9 Å². The molecule has 1 atom stereocenters. The Bertz CT molecular complexity index is 685. The summed E-state index contributed by atoms with van der Waals surface area (Å²) in [6.07, 6.45) is 33.6. The van der Waals surface area contributed by atoms with Crippen LogP contribution in [0.2, 0.25) is 0 Å². The van der Waals surface area contributed by atoms with Gasteiger partial charge in [0.05, 0.1) is 27.6 Å². The van der Waals surface area contributed by atoms with E-state index in [0.29, 0.717) is 17.4 Å². The molecule has 37 heavy (non-hydrogen) atoms. The van der Waals surface area contributed by atoms with Crippen LogP contribution in [0.3, 0.4) is 0 Å². The van der Waals surface area contributed by atoms with Gasteiger partial charge in [-0.1, -0.05) is 100 Å². The molecule has 0 aromatic rings. The quantitative estimate of drug-likeness (QED) is 0.0605. The molecule has 0 fully saturated rings. The summed E-state index contributed by atoms with van der Waals surface area (Å²) in [6, 6.07) is 0. The average Bonchev–Trinajstić information content (AvgIpc) is 2.80. The van der Waals surface area contributed by atoms with Crippen LogP contribution in [0.5, 0.6) is 0 Å². The predicted octanol–water partition coefficient (Wildman–Crippen LogP) is 8.18. The van der Waals surface area contributed by atoms with Crippen LogP contribution in [-0.2, 0) is 14.3 Å². The number of carboxylic acid groups (broad SMARTS) is 1. The number of ether oxygens (including phenoxy) is 1. The number of quaternary nitrogens is 1. The number of unbranched alkanes of at least 4 members (excludes halogenated alkanes) is 9. The molecule has 0 spiro atoms. The first-order valence-electron chi connectivity index (χ1n) is 14.6. The van der Waals surface area contributed by atoms with E-state index in [-0.39, 0.29) is 12.4 Å². The van der Waals surface area contributed by atoms with E-state index in [4.69, 9.17) is 9.84 Å². The SMILES string of the molecule is CC/C=C/C/C=C/C/C=C/C/C=C\CCCCCCCCCCCC(=O)OC(CC(=O)O)C[N+](C)(C)C. The van der Waals surface area contributed by atoms with Gasteiger partial charge in [0.2, 0.25) is 0 Å². The molecule has 0 heterocycles. The van der Waals surface area contributed by atoms with Crippen molar-refractivity contribution in [3.63, 3.8) is 0 Å². The third-order valence-corrected chi connectivity index (χ3v) is 5.92. The number of allylic oxidation sites excluding steroid dienone is 8. The van der Waals surface area contributed by atoms with Gasteiger partial charge in [-0.2, -0.15) is 0 Å². The predicted molar refractivity (Wildman–Crippen MR) is 157 cm³/mol. The maximum Gasteiger partial charge on any atom is 0.307 e. The van der Waals surface area contributed by atoms with Gasteiger partial charge in [0, 0.05) is 6.42 Å². The lowest BCUT2D eigenvalue weighted by atomic mass is 10.1. The van der Waals surface area contributed by atoms with Gasteiger partial charge in [0.1, 0.15) is 6.54 Å². The van der Waals surface area contributed by atoms with E-state index in [9.17, 15) is 9.59 Å². The number of esters is 1. The summed E-state index contributed by atoms with van der Waals surface area (Å²) < 4.78 is 6.00. The van der Waals surface area contributed by atoms with Crippen LogP contribution in [0, 0.1) is 0 Å². The molecule has 0 aliphatic carbocycles. The van der Waals surface area contributed by atoms with E-state index >= 15 is 0 Å². The first kappa shape index (κ1) is 34.9. The maximum absolute atomic E-state index is 12.1. The zero-order valence-corrected chi connectivity index (χ0v) is 24.3. The van der Waals surface area contributed by atoms with Crippen LogP contribution < -0.4 is 0 Å². The number of aliphatic carboxylic acids is 1. The number of carboxylic acids is 1. The monoisotopic (exact) mass is 518 g/mol. The van der Waals surface area contributed by atoms with Crippen molar-refractivity contribution >= 4 is 11.9 Å². The molecule has 0 aliphatic heterocycles. The van der Waals surface area contributed by atoms with Crippen molar-refractivity contribution in [1.29, 1.82) is 0 Å². The normalized spacial score (nSPS) is 13.4. The van der Waals surface area contributed by atoms with Crippen LogP contribution in [-0.4, -0.2) is 55.3 Å². The van der Waals surface area contributed by atoms with Gasteiger partial charge in [-0.05, 0) is 44.9 Å². The van der Waals surface area contributed by atoms with Gasteiger partial charge >= 0.3 is 11.9 Å². The first-order chi connectivity index (χ1) is 17.7. The van der Waals surface area contributed by atoms with Gasteiger partial charge in [0.15, 0.2) is 6.10 Å². The third-order valence-electron chi connectivity index (χ3n) is 5.92. The van der Waals surface area contributed by atoms with Crippen LogP contribution in [0.15, 0.2) is 48.6 Å². The standard InChI is InChI=1S/C32H55NO4/c1-5-6-7-8-9-10-11-12-13-14-15-16-17-18-19-20-21-22-23-24-25-26-27-32(36)37-30(28-31(34)35)29-33(2,3)4/h6-7,9-10,12-13,15-16,30H,5,8,11,14,17-29H2,1-4H3/p+1/b7-6+,10-9+,13-12+,16-15-. The van der Waals surface area contributed by atoms with Crippen molar-refractivity contribution in [2.75, 3.05) is 27.7 Å². The van der Waals surface area contributed by atoms with Crippen molar-refractivity contribution in [2.45, 2.75) is 116 Å². The Hall–Kier alpha value is -2.14. The summed E-state index contributed by atoms with van der Waals surface area (Å²) >= 11 is 0. The molecule has 0 bridgehead atoms. The van der Waals surface area contributed by atoms with E-state index in [1.807, 2.05) is 21.1 Å². The van der Waals surface area contributed by atoms with E-state index in [2.05, 4.69) is 55.5 Å². The molecule has 0 saturated heterocycles. The highest BCUT2D eigenvalue weighted by Crippen LogP contribution is 2.13. The van der Waals surface area contributed by atoms with Gasteiger partial charge in [-0.25, -0.2) is 0 Å². The highest BCUT2D eigenvalue weighted by Gasteiger charge is 2.24. The largest absolute Gasteiger partial charge is 0.481 e. The highest BCUT2D eigenvalue weighted by atomic mass is 16.5. The zero-order chi connectivity index (χ0) is 27.6. The molecule has 0 rings (SSSR count). The molecule has 0 aromatic carbocycles. The molecule has 1 N–H and O–H groups in total. The number of likely N-dealkylation sites (N-methyl/N-ethyl adjacent to an activating group) is 1. The fourth-order valence-electron chi connectivity index (χ4n) is 4.06. The average molecular weight is 519 g/mol. The summed E-state index contributed by atoms with van der Waals surface area (Å²) in [5.74, 6) is -1.20. The Morgan fingerprint density at radius 3 is 1.65 bits per heavy atom. The maximum atomic E-state index is 12.1. The molecular weight excluding hydrogens is 462 g/mol. The summed E-state index contributed by atoms with van der Waals surface area (Å²) in [6.45, 7) is 2.66. The fourth-order valence-corrected chi connectivity index (χ4v) is 4.06. The van der Waals surface area contributed by atoms with Crippen molar-refractivity contribution in [2.24, 2.45) is 0 Å². The van der Waals surface area contributed by atoms with Gasteiger partial charge < -0.3 is 14.3 Å². The van der Waals surface area contributed by atoms with Crippen molar-refractivity contribution in [1.82, 2.24) is 0 Å². The van der Waals surface area contributed by atoms with E-state index in [1.165, 1.54) is 44.9 Å². The van der Waals surface area contributed by atoms with Crippen LogP contribution in [0.4, 0.5) is 0 Å². The Labute approximate surface area is 227 Å². The molecule has 0 aromatic heterocycles. The number of carbonyl (C=O) groups is 2. The lowest BCUT2D eigenvalue weighted by molar-refractivity contribution is -0.873. The zero-order valence-electron chi connectivity index (χ0n) is 24.3. The Morgan fingerprint density at radius 2 is 1.16 bits per heavy atom. The summed E-state index contributed by atoms with van der Waals surface area (Å²) in [5, 5.41) is 9.05. The molecule has 0 saturated carbocycles. The lowest BCUT2D eigenvalue weighted by Gasteiger charge is -2.28. The molecule has 212 valence electrons. The molecular formula is C32H56NO4+. The molecule has 0 radical (unpaired) electrons. The Morgan fingerprint density at radius 1 is 0.703 bits per heavy atom. The highest BCUT2D eigenvalue weighted by molar-refractivity contribution is 5.71. The minimum atomic E-state index is -0.930. The summed E-state index contributed by atoms with van der Waals surface area (Å²) in [7, 11) is 5.90. The minimum absolute atomic E-state index is 0.134. The fraction of sp³-hybridized carbons (Fsp3) is 0.688. The third kappa shape index (κ3) is 28.3. The van der Waals surface area contributed by atoms with E-state index in [1.54, 1.807) is 0 Å². The number of nitrogens with zero attached hydrogens (tertiary/aromatic N) is 1. The van der Waals surface area contributed by atoms with Crippen LogP contribution in [0.25, 0.3) is 0 Å². The second-order valence-corrected chi connectivity index (χ2v) is 10.9. The number of hydrogen-bond acceptors (Lipinski definition) is 3. The molecule has 5 heteroatoms. The Balaban J connectivity index is 3.58. The molecule has 0 amide bonds. The topological polar surface area (TPSA) is 63.6 Å². The van der Waals surface area contributed by atoms with Crippen molar-refractivity contribution < 1.29 is 23.9 Å². The number of carbonyl (C=O) groups excluding carboxylic acids is 1. The minimum Gasteiger partial charge on any atom is -0.481 e. The molecule has 0 aliphatic rings. The van der Waals surface area contributed by atoms with Crippen molar-refractivity contribution in [3.05, 3.63) is 48.6 Å². The Kier molecular flexibility index (Phi) is 22.8. The first-order valence-corrected chi connectivity index (χ1v) is 14.6. The van der Waals surface area contributed by atoms with Gasteiger partial charge in [-0.3, -0.25) is 9.59 Å². The number of hydrogen-bond donors (Lipinski definition) is 1. The smallest absolute Gasteiger partial charge is 0.307 e. The van der Waals surface area contributed by atoms with Crippen LogP contribution in [0.1, 0.15) is 110 Å². The lowest BCUT2D eigenvalue weighted by Crippen LogP contribution is -2.43. The second-order valence-electron chi connectivity index (χ2n) is 10.9. The van der Waals surface area contributed by atoms with Gasteiger partial charge in [0.25, 0.3) is 0 Å². The second kappa shape index (κ2) is 24.2. The molecule has 1 unspecified atom stereocenters.